The van der Waals surface area contributed by atoms with Crippen LogP contribution in [0.15, 0.2) is 12.2 Å². The van der Waals surface area contributed by atoms with Gasteiger partial charge in [-0.15, -0.1) is 0 Å². The Bertz CT molecular complexity index is 892. The molecule has 0 aromatic rings. The zero-order chi connectivity index (χ0) is 28.0. The van der Waals surface area contributed by atoms with Crippen molar-refractivity contribution in [3.63, 3.8) is 0 Å². The molecule has 0 aromatic heterocycles. The molecule has 0 saturated heterocycles. The summed E-state index contributed by atoms with van der Waals surface area (Å²) in [6.45, 7) is 3.55. The van der Waals surface area contributed by atoms with E-state index in [9.17, 15) is 33.6 Å². The van der Waals surface area contributed by atoms with Gasteiger partial charge in [0, 0.05) is 25.1 Å². The third-order valence-corrected chi connectivity index (χ3v) is 5.21. The fourth-order valence-corrected chi connectivity index (χ4v) is 3.24. The van der Waals surface area contributed by atoms with Crippen molar-refractivity contribution >= 4 is 49.1 Å². The molecule has 6 N–H and O–H groups in total. The Labute approximate surface area is 215 Å². The maximum atomic E-state index is 12.9. The van der Waals surface area contributed by atoms with E-state index >= 15 is 0 Å². The minimum absolute atomic E-state index is 0.00482. The molecule has 1 heterocycles. The number of imide groups is 1. The highest BCUT2D eigenvalue weighted by Gasteiger charge is 2.29. The Morgan fingerprint density at radius 1 is 1.00 bits per heavy atom. The van der Waals surface area contributed by atoms with E-state index in [0.717, 1.165) is 4.90 Å². The number of ether oxygens (including phenoxy) is 1. The molecule has 0 aliphatic carbocycles. The molecule has 1 aliphatic rings. The third-order valence-electron chi connectivity index (χ3n) is 5.21. The van der Waals surface area contributed by atoms with Crippen molar-refractivity contribution in [1.29, 1.82) is 0 Å². The van der Waals surface area contributed by atoms with Gasteiger partial charge in [-0.3, -0.25) is 28.9 Å². The highest BCUT2D eigenvalue weighted by Crippen LogP contribution is 2.06. The molecule has 0 fully saturated rings. The number of primary amides is 1. The minimum Gasteiger partial charge on any atom is -0.379 e. The van der Waals surface area contributed by atoms with Gasteiger partial charge < -0.3 is 36.5 Å². The Morgan fingerprint density at radius 2 is 1.65 bits per heavy atom. The molecule has 0 bridgehead atoms. The third kappa shape index (κ3) is 12.2. The van der Waals surface area contributed by atoms with E-state index in [2.05, 4.69) is 21.3 Å². The molecule has 2 atom stereocenters. The lowest BCUT2D eigenvalue weighted by Crippen LogP contribution is -2.55. The second-order valence-corrected chi connectivity index (χ2v) is 8.73. The number of nitrogens with two attached hydrogens (primary N) is 1. The topological polar surface area (TPSA) is 206 Å². The van der Waals surface area contributed by atoms with Gasteiger partial charge in [0.15, 0.2) is 7.85 Å². The van der Waals surface area contributed by atoms with E-state index in [4.69, 9.17) is 10.5 Å². The van der Waals surface area contributed by atoms with Crippen LogP contribution in [-0.2, 0) is 33.5 Å². The molecule has 1 rings (SSSR count). The van der Waals surface area contributed by atoms with Crippen molar-refractivity contribution < 1.29 is 38.3 Å². The van der Waals surface area contributed by atoms with Crippen molar-refractivity contribution in [2.75, 3.05) is 32.8 Å². The van der Waals surface area contributed by atoms with Crippen LogP contribution >= 0.6 is 0 Å². The number of rotatable bonds is 17. The Hall–Kier alpha value is -3.75. The molecule has 0 spiro atoms. The summed E-state index contributed by atoms with van der Waals surface area (Å²) >= 11 is 0. The molecular formula is C22H35BN6O8. The van der Waals surface area contributed by atoms with Gasteiger partial charge in [0.05, 0.1) is 26.3 Å². The van der Waals surface area contributed by atoms with Crippen molar-refractivity contribution in [1.82, 2.24) is 26.2 Å². The van der Waals surface area contributed by atoms with Crippen LogP contribution in [0.25, 0.3) is 0 Å². The SMILES string of the molecule is BC(=O)CNC(=O)[C@H](CCCNC(N)=O)NC(=O)C(NC(=O)CCOCCN1C(=O)C=CC1=O)C(C)C. The van der Waals surface area contributed by atoms with Crippen LogP contribution in [0.2, 0.25) is 0 Å². The molecular weight excluding hydrogens is 487 g/mol. The van der Waals surface area contributed by atoms with E-state index in [0.29, 0.717) is 6.42 Å². The molecule has 0 radical (unpaired) electrons. The summed E-state index contributed by atoms with van der Waals surface area (Å²) in [5.41, 5.74) is 4.76. The van der Waals surface area contributed by atoms with Crippen molar-refractivity contribution in [2.24, 2.45) is 11.7 Å². The van der Waals surface area contributed by atoms with Crippen LogP contribution in [0.1, 0.15) is 33.1 Å². The first kappa shape index (κ1) is 31.3. The predicted molar refractivity (Wildman–Crippen MR) is 133 cm³/mol. The summed E-state index contributed by atoms with van der Waals surface area (Å²) in [6, 6.07) is -2.68. The molecule has 7 amide bonds. The molecule has 204 valence electrons. The monoisotopic (exact) mass is 522 g/mol. The second kappa shape index (κ2) is 16.1. The van der Waals surface area contributed by atoms with Crippen molar-refractivity contribution in [3.05, 3.63) is 12.2 Å². The standard InChI is InChI=1S/C22H35BN6O8/c1-13(2)19(28-16(31)7-10-37-11-9-29-17(32)5-6-18(29)33)21(35)27-14(4-3-8-25-22(24)36)20(34)26-12-15(23)30/h5-6,13-14,19H,3-4,7-12,23H2,1-2H3,(H,26,34)(H,27,35)(H,28,31)(H3,24,25,36)/t14-,19?/m0/s1. The smallest absolute Gasteiger partial charge is 0.312 e. The van der Waals surface area contributed by atoms with Gasteiger partial charge in [-0.05, 0) is 18.8 Å². The molecule has 0 saturated carbocycles. The number of urea groups is 1. The highest BCUT2D eigenvalue weighted by atomic mass is 16.5. The number of carbonyl (C=O) groups is 7. The van der Waals surface area contributed by atoms with Gasteiger partial charge in [0.25, 0.3) is 11.8 Å². The number of nitrogens with zero attached hydrogens (tertiary/aromatic N) is 1. The van der Waals surface area contributed by atoms with Crippen LogP contribution < -0.4 is 27.0 Å². The highest BCUT2D eigenvalue weighted by molar-refractivity contribution is 6.58. The van der Waals surface area contributed by atoms with E-state index in [-0.39, 0.29) is 57.3 Å². The lowest BCUT2D eigenvalue weighted by atomic mass is 10.0. The van der Waals surface area contributed by atoms with Crippen LogP contribution in [0.3, 0.4) is 0 Å². The average Bonchev–Trinajstić information content (AvgIpc) is 3.14. The fourth-order valence-electron chi connectivity index (χ4n) is 3.24. The minimum atomic E-state index is -1.01. The number of amides is 7. The van der Waals surface area contributed by atoms with E-state index < -0.39 is 47.7 Å². The van der Waals surface area contributed by atoms with Crippen molar-refractivity contribution in [2.45, 2.75) is 45.2 Å². The first-order valence-electron chi connectivity index (χ1n) is 11.9. The average molecular weight is 522 g/mol. The van der Waals surface area contributed by atoms with Gasteiger partial charge >= 0.3 is 6.03 Å². The van der Waals surface area contributed by atoms with Gasteiger partial charge in [0.2, 0.25) is 17.7 Å². The molecule has 15 heteroatoms. The first-order chi connectivity index (χ1) is 17.4. The van der Waals surface area contributed by atoms with E-state index in [1.165, 1.54) is 20.0 Å². The summed E-state index contributed by atoms with van der Waals surface area (Å²) in [4.78, 5) is 83.9. The molecule has 14 nitrogen and oxygen atoms in total. The van der Waals surface area contributed by atoms with E-state index in [1.54, 1.807) is 13.8 Å². The number of hydrogen-bond donors (Lipinski definition) is 5. The first-order valence-corrected chi connectivity index (χ1v) is 11.9. The van der Waals surface area contributed by atoms with Crippen LogP contribution in [0.5, 0.6) is 0 Å². The molecule has 1 unspecified atom stereocenters. The van der Waals surface area contributed by atoms with Gasteiger partial charge in [-0.1, -0.05) is 13.8 Å². The summed E-state index contributed by atoms with van der Waals surface area (Å²) < 4.78 is 5.32. The van der Waals surface area contributed by atoms with Crippen LogP contribution in [0, 0.1) is 5.92 Å². The number of nitrogens with one attached hydrogen (secondary N) is 4. The maximum absolute atomic E-state index is 12.9. The summed E-state index contributed by atoms with van der Waals surface area (Å²) in [5.74, 6) is -2.79. The quantitative estimate of drug-likeness (QED) is 0.0740. The van der Waals surface area contributed by atoms with Crippen molar-refractivity contribution in [3.8, 4) is 0 Å². The van der Waals surface area contributed by atoms with Gasteiger partial charge in [-0.2, -0.15) is 0 Å². The normalized spacial score (nSPS) is 14.3. The Kier molecular flexibility index (Phi) is 13.6. The summed E-state index contributed by atoms with van der Waals surface area (Å²) in [7, 11) is 1.31. The zero-order valence-electron chi connectivity index (χ0n) is 21.3. The summed E-state index contributed by atoms with van der Waals surface area (Å²) in [6.07, 6.45) is 2.74. The maximum Gasteiger partial charge on any atom is 0.312 e. The van der Waals surface area contributed by atoms with Gasteiger partial charge in [0.1, 0.15) is 17.8 Å². The zero-order valence-corrected chi connectivity index (χ0v) is 21.3. The lowest BCUT2D eigenvalue weighted by molar-refractivity contribution is -0.138. The molecule has 0 aromatic carbocycles. The molecule has 1 aliphatic heterocycles. The number of hydrogen-bond acceptors (Lipinski definition) is 8. The van der Waals surface area contributed by atoms with Gasteiger partial charge in [-0.25, -0.2) is 4.79 Å². The summed E-state index contributed by atoms with van der Waals surface area (Å²) in [5, 5.41) is 10.1. The van der Waals surface area contributed by atoms with Crippen LogP contribution in [0.4, 0.5) is 4.79 Å². The molecule has 37 heavy (non-hydrogen) atoms. The Morgan fingerprint density at radius 3 is 2.22 bits per heavy atom. The number of carbonyl (C=O) groups excluding carboxylic acids is 7. The Balaban J connectivity index is 2.58. The predicted octanol–water partition coefficient (Wildman–Crippen LogP) is -3.33. The lowest BCUT2D eigenvalue weighted by Gasteiger charge is -2.25. The fraction of sp³-hybridized carbons (Fsp3) is 0.591. The largest absolute Gasteiger partial charge is 0.379 e. The second-order valence-electron chi connectivity index (χ2n) is 8.73. The van der Waals surface area contributed by atoms with Crippen LogP contribution in [-0.4, -0.2) is 98.9 Å². The van der Waals surface area contributed by atoms with E-state index in [1.807, 2.05) is 0 Å².